The molecule has 0 amide bonds. The van der Waals surface area contributed by atoms with Crippen molar-refractivity contribution in [3.05, 3.63) is 48.0 Å². The Morgan fingerprint density at radius 2 is 1.62 bits per heavy atom. The third-order valence-electron chi connectivity index (χ3n) is 5.70. The summed E-state index contributed by atoms with van der Waals surface area (Å²) in [4.78, 5) is 5.13. The lowest BCUT2D eigenvalue weighted by molar-refractivity contribution is 0.127. The Kier molecular flexibility index (Phi) is 5.25. The van der Waals surface area contributed by atoms with Gasteiger partial charge in [-0.2, -0.15) is 0 Å². The van der Waals surface area contributed by atoms with Gasteiger partial charge in [0.1, 0.15) is 0 Å². The van der Waals surface area contributed by atoms with Crippen LogP contribution in [0.1, 0.15) is 18.9 Å². The molecule has 138 valence electrons. The largest absolute Gasteiger partial charge is 0.341 e. The maximum absolute atomic E-state index is 5.63. The van der Waals surface area contributed by atoms with E-state index in [1.807, 2.05) is 0 Å². The second kappa shape index (κ2) is 7.78. The molecule has 4 rings (SSSR count). The average Bonchev–Trinajstić information content (AvgIpc) is 3.00. The number of hydrogen-bond acceptors (Lipinski definition) is 3. The maximum Gasteiger partial charge on any atom is 0.0491 e. The lowest BCUT2D eigenvalue weighted by Crippen LogP contribution is -2.46. The molecule has 0 unspecified atom stereocenters. The first-order valence-electron chi connectivity index (χ1n) is 9.95. The highest BCUT2D eigenvalue weighted by Gasteiger charge is 2.17. The minimum absolute atomic E-state index is 0.797. The molecule has 0 saturated carbocycles. The smallest absolute Gasteiger partial charge is 0.0491 e. The fourth-order valence-electron chi connectivity index (χ4n) is 4.28. The minimum Gasteiger partial charge on any atom is -0.341 e. The van der Waals surface area contributed by atoms with Crippen LogP contribution in [0.25, 0.3) is 21.8 Å². The zero-order valence-electron chi connectivity index (χ0n) is 15.8. The van der Waals surface area contributed by atoms with E-state index in [2.05, 4.69) is 63.8 Å². The van der Waals surface area contributed by atoms with Gasteiger partial charge in [-0.25, -0.2) is 0 Å². The van der Waals surface area contributed by atoms with Crippen LogP contribution >= 0.6 is 0 Å². The van der Waals surface area contributed by atoms with E-state index in [0.29, 0.717) is 0 Å². The summed E-state index contributed by atoms with van der Waals surface area (Å²) in [6.45, 7) is 10.9. The van der Waals surface area contributed by atoms with Crippen molar-refractivity contribution >= 4 is 21.8 Å². The molecule has 1 aliphatic heterocycles. The van der Waals surface area contributed by atoms with Crippen LogP contribution in [0.5, 0.6) is 0 Å². The number of nitrogens with two attached hydrogens (primary N) is 1. The normalized spacial score (nSPS) is 16.7. The third-order valence-corrected chi connectivity index (χ3v) is 5.70. The highest BCUT2D eigenvalue weighted by molar-refractivity contribution is 6.08. The highest BCUT2D eigenvalue weighted by Crippen LogP contribution is 2.30. The van der Waals surface area contributed by atoms with Crippen LogP contribution in [0, 0.1) is 0 Å². The number of piperazine rings is 1. The Balaban J connectivity index is 1.52. The van der Waals surface area contributed by atoms with Crippen molar-refractivity contribution in [3.8, 4) is 0 Å². The van der Waals surface area contributed by atoms with E-state index < -0.39 is 0 Å². The fourth-order valence-corrected chi connectivity index (χ4v) is 4.28. The first kappa shape index (κ1) is 17.5. The van der Waals surface area contributed by atoms with Gasteiger partial charge in [0.15, 0.2) is 0 Å². The molecule has 4 heteroatoms. The van der Waals surface area contributed by atoms with Gasteiger partial charge in [0.25, 0.3) is 0 Å². The number of para-hydroxylation sites is 1. The lowest BCUT2D eigenvalue weighted by atomic mass is 10.1. The Bertz CT molecular complexity index is 874. The number of fused-ring (bicyclic) bond motifs is 3. The molecule has 2 N–H and O–H groups in total. The molecule has 0 radical (unpaired) electrons. The van der Waals surface area contributed by atoms with Gasteiger partial charge in [-0.05, 0) is 50.2 Å². The van der Waals surface area contributed by atoms with Crippen LogP contribution < -0.4 is 5.73 Å². The Labute approximate surface area is 156 Å². The molecule has 0 aliphatic carbocycles. The van der Waals surface area contributed by atoms with Crippen LogP contribution in [0.2, 0.25) is 0 Å². The van der Waals surface area contributed by atoms with E-state index in [0.717, 1.165) is 58.8 Å². The van der Waals surface area contributed by atoms with E-state index in [9.17, 15) is 0 Å². The molecule has 2 heterocycles. The summed E-state index contributed by atoms with van der Waals surface area (Å²) in [6, 6.07) is 15.8. The van der Waals surface area contributed by atoms with Gasteiger partial charge >= 0.3 is 0 Å². The summed E-state index contributed by atoms with van der Waals surface area (Å²) in [5.41, 5.74) is 9.75. The summed E-state index contributed by atoms with van der Waals surface area (Å²) in [5.74, 6) is 0. The van der Waals surface area contributed by atoms with Gasteiger partial charge in [-0.3, -0.25) is 4.90 Å². The van der Waals surface area contributed by atoms with Gasteiger partial charge in [0, 0.05) is 61.1 Å². The molecular formula is C22H30N4. The highest BCUT2D eigenvalue weighted by atomic mass is 15.3. The fraction of sp³-hybridized carbons (Fsp3) is 0.455. The SMILES string of the molecule is CCn1c2ccccc2c2cc(CN3CCN(CCCN)CC3)ccc21. The van der Waals surface area contributed by atoms with Crippen molar-refractivity contribution in [1.82, 2.24) is 14.4 Å². The van der Waals surface area contributed by atoms with Crippen LogP contribution in [0.3, 0.4) is 0 Å². The first-order chi connectivity index (χ1) is 12.8. The number of hydrogen-bond donors (Lipinski definition) is 1. The Morgan fingerprint density at radius 1 is 0.885 bits per heavy atom. The van der Waals surface area contributed by atoms with Crippen molar-refractivity contribution in [3.63, 3.8) is 0 Å². The average molecular weight is 351 g/mol. The molecule has 1 aromatic heterocycles. The summed E-state index contributed by atoms with van der Waals surface area (Å²) in [7, 11) is 0. The van der Waals surface area contributed by atoms with Gasteiger partial charge in [0.05, 0.1) is 0 Å². The van der Waals surface area contributed by atoms with Crippen molar-refractivity contribution in [2.24, 2.45) is 5.73 Å². The van der Waals surface area contributed by atoms with Gasteiger partial charge in [0.2, 0.25) is 0 Å². The zero-order valence-corrected chi connectivity index (χ0v) is 15.8. The van der Waals surface area contributed by atoms with Crippen LogP contribution in [0.15, 0.2) is 42.5 Å². The minimum atomic E-state index is 0.797. The maximum atomic E-state index is 5.63. The zero-order chi connectivity index (χ0) is 17.9. The Hall–Kier alpha value is -1.88. The first-order valence-corrected chi connectivity index (χ1v) is 9.95. The summed E-state index contributed by atoms with van der Waals surface area (Å²) >= 11 is 0. The molecule has 0 spiro atoms. The van der Waals surface area contributed by atoms with Crippen molar-refractivity contribution in [2.45, 2.75) is 26.4 Å². The molecule has 3 aromatic rings. The number of aryl methyl sites for hydroxylation is 1. The molecule has 2 aromatic carbocycles. The van der Waals surface area contributed by atoms with Crippen molar-refractivity contribution in [2.75, 3.05) is 39.3 Å². The monoisotopic (exact) mass is 350 g/mol. The van der Waals surface area contributed by atoms with Crippen LogP contribution in [0.4, 0.5) is 0 Å². The molecule has 0 atom stereocenters. The molecule has 1 saturated heterocycles. The molecule has 0 bridgehead atoms. The summed E-state index contributed by atoms with van der Waals surface area (Å²) in [5, 5.41) is 2.76. The Morgan fingerprint density at radius 3 is 2.38 bits per heavy atom. The van der Waals surface area contributed by atoms with Gasteiger partial charge < -0.3 is 15.2 Å². The number of nitrogens with zero attached hydrogens (tertiary/aromatic N) is 3. The number of benzene rings is 2. The third kappa shape index (κ3) is 3.37. The number of aromatic nitrogens is 1. The quantitative estimate of drug-likeness (QED) is 0.741. The van der Waals surface area contributed by atoms with Crippen LogP contribution in [-0.4, -0.2) is 53.6 Å². The van der Waals surface area contributed by atoms with Crippen molar-refractivity contribution < 1.29 is 0 Å². The standard InChI is InChI=1S/C22H30N4/c1-2-26-21-7-4-3-6-19(21)20-16-18(8-9-22(20)26)17-25-14-12-24(13-15-25)11-5-10-23/h3-4,6-9,16H,2,5,10-15,17,23H2,1H3. The van der Waals surface area contributed by atoms with E-state index in [4.69, 9.17) is 5.73 Å². The van der Waals surface area contributed by atoms with Crippen molar-refractivity contribution in [1.29, 1.82) is 0 Å². The second-order valence-electron chi connectivity index (χ2n) is 7.37. The summed E-state index contributed by atoms with van der Waals surface area (Å²) in [6.07, 6.45) is 1.11. The van der Waals surface area contributed by atoms with E-state index in [-0.39, 0.29) is 0 Å². The molecule has 1 fully saturated rings. The van der Waals surface area contributed by atoms with E-state index in [1.54, 1.807) is 0 Å². The van der Waals surface area contributed by atoms with Crippen LogP contribution in [-0.2, 0) is 13.1 Å². The molecule has 26 heavy (non-hydrogen) atoms. The summed E-state index contributed by atoms with van der Waals surface area (Å²) < 4.78 is 2.42. The van der Waals surface area contributed by atoms with Gasteiger partial charge in [-0.15, -0.1) is 0 Å². The lowest BCUT2D eigenvalue weighted by Gasteiger charge is -2.34. The molecule has 1 aliphatic rings. The van der Waals surface area contributed by atoms with E-state index in [1.165, 1.54) is 27.4 Å². The second-order valence-corrected chi connectivity index (χ2v) is 7.37. The van der Waals surface area contributed by atoms with E-state index >= 15 is 0 Å². The predicted molar refractivity (Wildman–Crippen MR) is 111 cm³/mol. The molecule has 4 nitrogen and oxygen atoms in total. The van der Waals surface area contributed by atoms with Gasteiger partial charge in [-0.1, -0.05) is 24.3 Å². The molecular weight excluding hydrogens is 320 g/mol. The predicted octanol–water partition coefficient (Wildman–Crippen LogP) is 3.28. The number of rotatable bonds is 6. The topological polar surface area (TPSA) is 37.4 Å².